The van der Waals surface area contributed by atoms with Crippen LogP contribution >= 0.6 is 11.3 Å². The van der Waals surface area contributed by atoms with E-state index in [1.54, 1.807) is 35.6 Å². The third kappa shape index (κ3) is 4.26. The van der Waals surface area contributed by atoms with E-state index >= 15 is 0 Å². The zero-order valence-electron chi connectivity index (χ0n) is 12.7. The third-order valence-corrected chi connectivity index (χ3v) is 4.28. The summed E-state index contributed by atoms with van der Waals surface area (Å²) >= 11 is 1.59. The number of carbonyl (C=O) groups excluding carboxylic acids is 2. The van der Waals surface area contributed by atoms with Crippen molar-refractivity contribution >= 4 is 28.7 Å². The van der Waals surface area contributed by atoms with Gasteiger partial charge in [-0.1, -0.05) is 12.1 Å². The summed E-state index contributed by atoms with van der Waals surface area (Å²) in [6.45, 7) is 3.82. The first kappa shape index (κ1) is 16.4. The number of aliphatic hydroxyl groups excluding tert-OH is 1. The lowest BCUT2D eigenvalue weighted by molar-refractivity contribution is -0.116. The number of thiophene rings is 1. The number of nitrogens with one attached hydrogen (secondary N) is 1. The van der Waals surface area contributed by atoms with Crippen LogP contribution in [0.25, 0.3) is 0 Å². The van der Waals surface area contributed by atoms with Gasteiger partial charge < -0.3 is 10.4 Å². The molecule has 2 aromatic rings. The van der Waals surface area contributed by atoms with Crippen molar-refractivity contribution in [3.05, 3.63) is 51.2 Å². The number of benzene rings is 1. The summed E-state index contributed by atoms with van der Waals surface area (Å²) in [5.74, 6) is -0.200. The average Bonchev–Trinajstić information content (AvgIpc) is 2.83. The Hall–Kier alpha value is -1.98. The van der Waals surface area contributed by atoms with Crippen molar-refractivity contribution in [1.82, 2.24) is 0 Å². The number of carbonyl (C=O) groups is 2. The topological polar surface area (TPSA) is 66.4 Å². The Morgan fingerprint density at radius 1 is 1.18 bits per heavy atom. The molecule has 0 bridgehead atoms. The van der Waals surface area contributed by atoms with Crippen LogP contribution < -0.4 is 5.32 Å². The molecule has 1 aromatic heterocycles. The molecule has 0 fully saturated rings. The smallest absolute Gasteiger partial charge is 0.224 e. The van der Waals surface area contributed by atoms with Gasteiger partial charge in [-0.05, 0) is 37.6 Å². The molecule has 1 amide bonds. The first-order valence-electron chi connectivity index (χ1n) is 7.09. The molecule has 0 spiro atoms. The van der Waals surface area contributed by atoms with Crippen LogP contribution in [0.5, 0.6) is 0 Å². The number of hydrogen-bond acceptors (Lipinski definition) is 4. The molecule has 0 aliphatic heterocycles. The largest absolute Gasteiger partial charge is 0.392 e. The molecule has 1 aromatic carbocycles. The quantitative estimate of drug-likeness (QED) is 0.802. The fraction of sp³-hybridized carbons (Fsp3) is 0.294. The Morgan fingerprint density at radius 2 is 1.95 bits per heavy atom. The van der Waals surface area contributed by atoms with Crippen LogP contribution in [0, 0.1) is 13.8 Å². The second-order valence-electron chi connectivity index (χ2n) is 5.16. The maximum absolute atomic E-state index is 12.1. The van der Waals surface area contributed by atoms with Crippen LogP contribution in [-0.4, -0.2) is 16.8 Å². The summed E-state index contributed by atoms with van der Waals surface area (Å²) in [5, 5.41) is 11.8. The van der Waals surface area contributed by atoms with Crippen molar-refractivity contribution in [3.63, 3.8) is 0 Å². The van der Waals surface area contributed by atoms with Crippen LogP contribution in [0.4, 0.5) is 5.69 Å². The summed E-state index contributed by atoms with van der Waals surface area (Å²) in [6, 6.07) is 8.90. The second-order valence-corrected chi connectivity index (χ2v) is 6.62. The number of aliphatic hydroxyl groups is 1. The number of hydrogen-bond donors (Lipinski definition) is 2. The van der Waals surface area contributed by atoms with E-state index in [4.69, 9.17) is 5.11 Å². The maximum Gasteiger partial charge on any atom is 0.224 e. The summed E-state index contributed by atoms with van der Waals surface area (Å²) < 4.78 is 0. The van der Waals surface area contributed by atoms with Gasteiger partial charge in [-0.25, -0.2) is 0 Å². The lowest BCUT2D eigenvalue weighted by atomic mass is 10.1. The first-order valence-corrected chi connectivity index (χ1v) is 7.91. The molecule has 0 aliphatic carbocycles. The van der Waals surface area contributed by atoms with Crippen molar-refractivity contribution in [2.75, 3.05) is 5.32 Å². The summed E-state index contributed by atoms with van der Waals surface area (Å²) in [5.41, 5.74) is 2.09. The minimum atomic E-state index is -0.201. The van der Waals surface area contributed by atoms with E-state index in [0.717, 1.165) is 20.9 Å². The van der Waals surface area contributed by atoms with Crippen LogP contribution in [0.1, 0.15) is 38.5 Å². The van der Waals surface area contributed by atoms with E-state index in [1.807, 2.05) is 19.9 Å². The Labute approximate surface area is 133 Å². The molecule has 2 N–H and O–H groups in total. The number of ketones is 1. The first-order chi connectivity index (χ1) is 10.5. The lowest BCUT2D eigenvalue weighted by Gasteiger charge is -2.06. The molecule has 0 radical (unpaired) electrons. The lowest BCUT2D eigenvalue weighted by Crippen LogP contribution is -2.13. The van der Waals surface area contributed by atoms with Crippen molar-refractivity contribution in [1.29, 1.82) is 0 Å². The van der Waals surface area contributed by atoms with E-state index in [0.29, 0.717) is 5.69 Å². The molecule has 0 saturated carbocycles. The molecule has 0 atom stereocenters. The van der Waals surface area contributed by atoms with Crippen LogP contribution in [0.2, 0.25) is 0 Å². The fourth-order valence-corrected chi connectivity index (χ4v) is 3.18. The molecule has 1 heterocycles. The molecule has 4 nitrogen and oxygen atoms in total. The van der Waals surface area contributed by atoms with E-state index in [-0.39, 0.29) is 31.1 Å². The van der Waals surface area contributed by atoms with Gasteiger partial charge in [0.25, 0.3) is 0 Å². The van der Waals surface area contributed by atoms with Gasteiger partial charge in [-0.3, -0.25) is 9.59 Å². The summed E-state index contributed by atoms with van der Waals surface area (Å²) in [7, 11) is 0. The van der Waals surface area contributed by atoms with Crippen molar-refractivity contribution in [2.24, 2.45) is 0 Å². The van der Waals surface area contributed by atoms with Gasteiger partial charge in [-0.2, -0.15) is 0 Å². The molecular formula is C17H19NO3S. The number of Topliss-reactive ketones (excluding diaryl/α,β-unsaturated/α-hetero) is 1. The van der Waals surface area contributed by atoms with Crippen molar-refractivity contribution in [2.45, 2.75) is 33.3 Å². The van der Waals surface area contributed by atoms with E-state index in [9.17, 15) is 9.59 Å². The monoisotopic (exact) mass is 317 g/mol. The number of anilines is 1. The zero-order valence-corrected chi connectivity index (χ0v) is 13.5. The summed E-state index contributed by atoms with van der Waals surface area (Å²) in [6.07, 6.45) is 0.346. The molecule has 22 heavy (non-hydrogen) atoms. The van der Waals surface area contributed by atoms with Gasteiger partial charge in [0.05, 0.1) is 6.61 Å². The fourth-order valence-electron chi connectivity index (χ4n) is 2.24. The molecule has 2 rings (SSSR count). The van der Waals surface area contributed by atoms with Gasteiger partial charge >= 0.3 is 0 Å². The van der Waals surface area contributed by atoms with E-state index in [2.05, 4.69) is 5.32 Å². The Bertz CT molecular complexity index is 691. The number of amides is 1. The van der Waals surface area contributed by atoms with E-state index < -0.39 is 0 Å². The highest BCUT2D eigenvalue weighted by Gasteiger charge is 2.13. The normalized spacial score (nSPS) is 10.5. The molecule has 0 aliphatic rings. The van der Waals surface area contributed by atoms with Gasteiger partial charge in [0.2, 0.25) is 5.91 Å². The van der Waals surface area contributed by atoms with Crippen LogP contribution in [-0.2, 0) is 11.4 Å². The van der Waals surface area contributed by atoms with Gasteiger partial charge in [-0.15, -0.1) is 11.3 Å². The Balaban J connectivity index is 1.90. The van der Waals surface area contributed by atoms with Gasteiger partial charge in [0.1, 0.15) is 0 Å². The maximum atomic E-state index is 12.1. The van der Waals surface area contributed by atoms with Crippen LogP contribution in [0.3, 0.4) is 0 Å². The number of rotatable bonds is 6. The highest BCUT2D eigenvalue weighted by molar-refractivity contribution is 7.12. The van der Waals surface area contributed by atoms with Crippen molar-refractivity contribution < 1.29 is 14.7 Å². The average molecular weight is 317 g/mol. The molecule has 0 saturated heterocycles. The Kier molecular flexibility index (Phi) is 5.46. The molecule has 116 valence electrons. The predicted molar refractivity (Wildman–Crippen MR) is 88.4 cm³/mol. The van der Waals surface area contributed by atoms with Crippen LogP contribution in [0.15, 0.2) is 30.3 Å². The molecular weight excluding hydrogens is 298 g/mol. The summed E-state index contributed by atoms with van der Waals surface area (Å²) in [4.78, 5) is 26.1. The second kappa shape index (κ2) is 7.33. The molecule has 0 unspecified atom stereocenters. The third-order valence-electron chi connectivity index (χ3n) is 3.31. The highest BCUT2D eigenvalue weighted by atomic mass is 32.1. The van der Waals surface area contributed by atoms with Gasteiger partial charge in [0, 0.05) is 33.8 Å². The highest BCUT2D eigenvalue weighted by Crippen LogP contribution is 2.22. The van der Waals surface area contributed by atoms with Gasteiger partial charge in [0.15, 0.2) is 5.78 Å². The zero-order chi connectivity index (χ0) is 16.1. The predicted octanol–water partition coefficient (Wildman–Crippen LogP) is 3.46. The SMILES string of the molecule is Cc1cc(C(=O)CCC(=O)Nc2cccc(CO)c2)c(C)s1. The molecule has 5 heteroatoms. The minimum absolute atomic E-state index is 0.00103. The van der Waals surface area contributed by atoms with E-state index in [1.165, 1.54) is 0 Å². The van der Waals surface area contributed by atoms with Crippen molar-refractivity contribution in [3.8, 4) is 0 Å². The number of aryl methyl sites for hydroxylation is 2. The Morgan fingerprint density at radius 3 is 2.59 bits per heavy atom. The standard InChI is InChI=1S/C17H19NO3S/c1-11-8-15(12(2)22-11)16(20)6-7-17(21)18-14-5-3-4-13(9-14)10-19/h3-5,8-9,19H,6-7,10H2,1-2H3,(H,18,21). The minimum Gasteiger partial charge on any atom is -0.392 e.